The second-order valence-electron chi connectivity index (χ2n) is 10.7. The van der Waals surface area contributed by atoms with Gasteiger partial charge in [-0.2, -0.15) is 0 Å². The molecule has 2 fully saturated rings. The molecule has 250 valence electrons. The molecule has 0 aromatic heterocycles. The van der Waals surface area contributed by atoms with Crippen molar-refractivity contribution in [1.29, 1.82) is 0 Å². The summed E-state index contributed by atoms with van der Waals surface area (Å²) in [6.07, 6.45) is -19.0. The predicted molar refractivity (Wildman–Crippen MR) is 141 cm³/mol. The molecule has 2 aliphatic rings. The van der Waals surface area contributed by atoms with E-state index < -0.39 is 111 Å². The molecule has 10 N–H and O–H groups in total. The molecule has 0 radical (unpaired) electrons. The molecule has 17 nitrogen and oxygen atoms in total. The summed E-state index contributed by atoms with van der Waals surface area (Å²) >= 11 is 0. The van der Waals surface area contributed by atoms with Crippen molar-refractivity contribution in [1.82, 2.24) is 0 Å². The Morgan fingerprint density at radius 3 is 1.82 bits per heavy atom. The molecule has 1 aromatic carbocycles. The molecule has 2 saturated heterocycles. The first-order valence-electron chi connectivity index (χ1n) is 13.9. The quantitative estimate of drug-likeness (QED) is 0.0922. The van der Waals surface area contributed by atoms with Crippen LogP contribution in [0.3, 0.4) is 0 Å². The summed E-state index contributed by atoms with van der Waals surface area (Å²) < 4.78 is 26.7. The van der Waals surface area contributed by atoms with Gasteiger partial charge in [-0.15, -0.1) is 0 Å². The maximum atomic E-state index is 12.9. The summed E-state index contributed by atoms with van der Waals surface area (Å²) in [7, 11) is 0. The fraction of sp³-hybridized carbons (Fsp3) is 0.704. The molecule has 3 rings (SSSR count). The van der Waals surface area contributed by atoms with E-state index in [0.29, 0.717) is 5.56 Å². The van der Waals surface area contributed by atoms with Crippen molar-refractivity contribution in [2.75, 3.05) is 13.2 Å². The van der Waals surface area contributed by atoms with E-state index in [1.807, 2.05) is 0 Å². The Kier molecular flexibility index (Phi) is 12.4. The molecule has 0 unspecified atom stereocenters. The Morgan fingerprint density at radius 2 is 1.34 bits per heavy atom. The lowest BCUT2D eigenvalue weighted by molar-refractivity contribution is -0.338. The molecule has 2 aliphatic heterocycles. The molecule has 0 saturated carbocycles. The van der Waals surface area contributed by atoms with Crippen LogP contribution in [0.4, 0.5) is 0 Å². The third-order valence-corrected chi connectivity index (χ3v) is 7.87. The van der Waals surface area contributed by atoms with Crippen LogP contribution in [0, 0.1) is 5.92 Å². The van der Waals surface area contributed by atoms with Crippen molar-refractivity contribution < 1.29 is 84.3 Å². The zero-order valence-electron chi connectivity index (χ0n) is 23.9. The van der Waals surface area contributed by atoms with Crippen molar-refractivity contribution in [3.8, 4) is 5.75 Å². The van der Waals surface area contributed by atoms with Crippen molar-refractivity contribution in [3.63, 3.8) is 0 Å². The summed E-state index contributed by atoms with van der Waals surface area (Å²) in [5.41, 5.74) is -2.42. The molecule has 1 aromatic rings. The lowest BCUT2D eigenvalue weighted by Gasteiger charge is -2.45. The minimum Gasteiger partial charge on any atom is -0.479 e. The highest BCUT2D eigenvalue weighted by Gasteiger charge is 2.58. The van der Waals surface area contributed by atoms with E-state index in [1.54, 1.807) is 6.92 Å². The molecule has 0 spiro atoms. The number of benzene rings is 1. The van der Waals surface area contributed by atoms with Gasteiger partial charge >= 0.3 is 11.9 Å². The Balaban J connectivity index is 1.71. The van der Waals surface area contributed by atoms with Gasteiger partial charge in [-0.3, -0.25) is 0 Å². The predicted octanol–water partition coefficient (Wildman–Crippen LogP) is -4.04. The number of rotatable bonds is 13. The lowest BCUT2D eigenvalue weighted by Crippen LogP contribution is -2.66. The number of ether oxygens (including phenoxy) is 5. The van der Waals surface area contributed by atoms with E-state index in [1.165, 1.54) is 31.2 Å². The molecule has 0 bridgehead atoms. The van der Waals surface area contributed by atoms with Crippen molar-refractivity contribution in [2.45, 2.75) is 100.0 Å². The third-order valence-electron chi connectivity index (χ3n) is 7.87. The third kappa shape index (κ3) is 7.30. The van der Waals surface area contributed by atoms with Gasteiger partial charge in [-0.25, -0.2) is 9.59 Å². The number of hydrogen-bond donors (Lipinski definition) is 10. The van der Waals surface area contributed by atoms with Crippen LogP contribution in [-0.2, 0) is 35.1 Å². The summed E-state index contributed by atoms with van der Waals surface area (Å²) in [6, 6.07) is 5.60. The number of aliphatic hydroxyl groups excluding tert-OH is 9. The first-order chi connectivity index (χ1) is 20.7. The fourth-order valence-electron chi connectivity index (χ4n) is 4.86. The molecular weight excluding hydrogens is 596 g/mol. The smallest absolute Gasteiger partial charge is 0.339 e. The van der Waals surface area contributed by atoms with Crippen LogP contribution in [0.2, 0.25) is 0 Å². The van der Waals surface area contributed by atoms with Gasteiger partial charge in [0.1, 0.15) is 61.2 Å². The summed E-state index contributed by atoms with van der Waals surface area (Å²) in [5.74, 6) is -4.21. The average molecular weight is 637 g/mol. The van der Waals surface area contributed by atoms with Gasteiger partial charge in [-0.1, -0.05) is 32.4 Å². The van der Waals surface area contributed by atoms with Gasteiger partial charge < -0.3 is 74.7 Å². The average Bonchev–Trinajstić information content (AvgIpc) is 3.02. The van der Waals surface area contributed by atoms with E-state index in [-0.39, 0.29) is 12.2 Å². The van der Waals surface area contributed by atoms with E-state index in [9.17, 15) is 60.7 Å². The van der Waals surface area contributed by atoms with Crippen LogP contribution in [0.5, 0.6) is 5.75 Å². The maximum absolute atomic E-state index is 12.9. The van der Waals surface area contributed by atoms with E-state index >= 15 is 0 Å². The highest BCUT2D eigenvalue weighted by molar-refractivity contribution is 5.88. The van der Waals surface area contributed by atoms with E-state index in [0.717, 1.165) is 0 Å². The van der Waals surface area contributed by atoms with Gasteiger partial charge in [0.15, 0.2) is 12.4 Å². The van der Waals surface area contributed by atoms with Gasteiger partial charge in [-0.05, 0) is 23.6 Å². The van der Waals surface area contributed by atoms with Gasteiger partial charge in [0.25, 0.3) is 0 Å². The Morgan fingerprint density at radius 1 is 0.841 bits per heavy atom. The molecule has 0 aliphatic carbocycles. The number of aliphatic hydroxyl groups is 9. The summed E-state index contributed by atoms with van der Waals surface area (Å²) in [4.78, 5) is 25.5. The number of aliphatic carboxylic acids is 1. The van der Waals surface area contributed by atoms with Crippen LogP contribution in [0.1, 0.15) is 25.8 Å². The summed E-state index contributed by atoms with van der Waals surface area (Å²) in [5, 5.41) is 100. The lowest BCUT2D eigenvalue weighted by atomic mass is 9.81. The first-order valence-corrected chi connectivity index (χ1v) is 13.9. The monoisotopic (exact) mass is 636 g/mol. The number of carboxylic acids is 1. The molecule has 13 atom stereocenters. The van der Waals surface area contributed by atoms with Crippen LogP contribution >= 0.6 is 0 Å². The zero-order chi connectivity index (χ0) is 32.9. The second kappa shape index (κ2) is 15.2. The fourth-order valence-corrected chi connectivity index (χ4v) is 4.86. The van der Waals surface area contributed by atoms with Crippen LogP contribution in [0.15, 0.2) is 24.3 Å². The highest BCUT2D eigenvalue weighted by Crippen LogP contribution is 2.35. The Labute approximate surface area is 251 Å². The van der Waals surface area contributed by atoms with Gasteiger partial charge in [0.2, 0.25) is 11.9 Å². The summed E-state index contributed by atoms with van der Waals surface area (Å²) in [6.45, 7) is 0.958. The molecular formula is C27H40O17. The second-order valence-corrected chi connectivity index (χ2v) is 10.7. The number of carboxylic acid groups (broad SMARTS) is 1. The normalized spacial score (nSPS) is 35.2. The van der Waals surface area contributed by atoms with Gasteiger partial charge in [0.05, 0.1) is 13.2 Å². The minimum atomic E-state index is -2.76. The number of esters is 1. The van der Waals surface area contributed by atoms with Crippen molar-refractivity contribution >= 4 is 11.9 Å². The van der Waals surface area contributed by atoms with Crippen molar-refractivity contribution in [3.05, 3.63) is 29.8 Å². The Hall–Kier alpha value is -2.52. The highest BCUT2D eigenvalue weighted by atomic mass is 16.7. The van der Waals surface area contributed by atoms with E-state index in [2.05, 4.69) is 0 Å². The van der Waals surface area contributed by atoms with Crippen LogP contribution in [0.25, 0.3) is 0 Å². The zero-order valence-corrected chi connectivity index (χ0v) is 23.9. The van der Waals surface area contributed by atoms with E-state index in [4.69, 9.17) is 23.7 Å². The molecule has 2 heterocycles. The number of hydrogen-bond acceptors (Lipinski definition) is 16. The first kappa shape index (κ1) is 36.0. The van der Waals surface area contributed by atoms with Crippen molar-refractivity contribution in [2.24, 2.45) is 5.92 Å². The maximum Gasteiger partial charge on any atom is 0.339 e. The number of carbonyl (C=O) groups excluding carboxylic acids is 1. The van der Waals surface area contributed by atoms with Gasteiger partial charge in [0, 0.05) is 0 Å². The topological polar surface area (TPSA) is 283 Å². The van der Waals surface area contributed by atoms with Crippen LogP contribution < -0.4 is 4.74 Å². The molecule has 0 amide bonds. The van der Waals surface area contributed by atoms with Crippen LogP contribution in [-0.4, -0.2) is 149 Å². The number of carbonyl (C=O) groups is 2. The Bertz CT molecular complexity index is 1080. The standard InChI is InChI=1S/C27H40O17/c1-3-11(2)27(26(38)39,44-25-21(35)19(33)17(31)15(9-29)43-25)22(36)23(37)40-10-12-4-6-13(7-5-12)41-24-20(34)18(32)16(30)14(8-28)42-24/h4-7,11,14-22,24-25,28-36H,3,8-10H2,1-2H3,(H,38,39)/t11-,14-,15-,16-,17-,18+,19+,20-,21-,22-,24-,25+,27-/m1/s1. The molecule has 44 heavy (non-hydrogen) atoms. The minimum absolute atomic E-state index is 0.0456. The SMILES string of the molecule is CC[C@@H](C)[C@](O[C@@H]1O[C@H](CO)[C@@H](O)[C@H](O)[C@H]1O)(C(=O)O)[C@H](O)C(=O)OCc1ccc(O[C@@H]2O[C@H](CO)[C@@H](O)[C@H](O)[C@H]2O)cc1. The molecule has 17 heteroatoms. The largest absolute Gasteiger partial charge is 0.479 e.